The largest absolute Gasteiger partial charge is 0.508 e. The Hall–Kier alpha value is -3.35. The number of phenols is 1. The lowest BCUT2D eigenvalue weighted by Gasteiger charge is -2.09. The van der Waals surface area contributed by atoms with Crippen molar-refractivity contribution in [3.8, 4) is 5.75 Å². The van der Waals surface area contributed by atoms with Gasteiger partial charge in [-0.05, 0) is 36.4 Å². The number of aromatic hydroxyl groups is 1. The van der Waals surface area contributed by atoms with Crippen molar-refractivity contribution < 1.29 is 19.5 Å². The van der Waals surface area contributed by atoms with Crippen LogP contribution in [0.5, 0.6) is 5.75 Å². The summed E-state index contributed by atoms with van der Waals surface area (Å²) in [6, 6.07) is 11.7. The number of nitrogens with one attached hydrogen (secondary N) is 2. The zero-order valence-electron chi connectivity index (χ0n) is 11.4. The second-order valence-corrected chi connectivity index (χ2v) is 4.36. The third-order valence-electron chi connectivity index (χ3n) is 2.77. The summed E-state index contributed by atoms with van der Waals surface area (Å²) in [5.74, 6) is -2.53. The fraction of sp³-hybridized carbons (Fsp3) is 0. The number of rotatable bonds is 3. The summed E-state index contributed by atoms with van der Waals surface area (Å²) < 4.78 is 0. The predicted octanol–water partition coefficient (Wildman–Crippen LogP) is 1.07. The number of primary amides is 1. The average Bonchev–Trinajstić information content (AvgIpc) is 2.49. The Morgan fingerprint density at radius 2 is 1.45 bits per heavy atom. The molecular weight excluding hydrogens is 286 g/mol. The number of anilines is 2. The number of hydrogen-bond donors (Lipinski definition) is 4. The van der Waals surface area contributed by atoms with E-state index in [9.17, 15) is 14.4 Å². The molecular formula is C15H13N3O4. The zero-order valence-corrected chi connectivity index (χ0v) is 11.4. The van der Waals surface area contributed by atoms with Crippen LogP contribution in [0.25, 0.3) is 0 Å². The first kappa shape index (κ1) is 15.0. The number of amides is 3. The molecule has 0 unspecified atom stereocenters. The van der Waals surface area contributed by atoms with Crippen LogP contribution in [-0.4, -0.2) is 22.8 Å². The summed E-state index contributed by atoms with van der Waals surface area (Å²) in [6.07, 6.45) is 0. The molecule has 0 atom stereocenters. The highest BCUT2D eigenvalue weighted by Gasteiger charge is 2.16. The highest BCUT2D eigenvalue weighted by Crippen LogP contribution is 2.15. The second-order valence-electron chi connectivity index (χ2n) is 4.36. The Kier molecular flexibility index (Phi) is 4.38. The molecule has 0 aliphatic heterocycles. The molecule has 3 amide bonds. The van der Waals surface area contributed by atoms with Crippen LogP contribution in [0, 0.1) is 0 Å². The third kappa shape index (κ3) is 3.60. The number of carbonyl (C=O) groups is 3. The first-order chi connectivity index (χ1) is 10.5. The van der Waals surface area contributed by atoms with Crippen LogP contribution in [0.1, 0.15) is 10.4 Å². The normalized spacial score (nSPS) is 9.82. The van der Waals surface area contributed by atoms with Crippen molar-refractivity contribution in [2.75, 3.05) is 10.6 Å². The molecule has 0 saturated carbocycles. The predicted molar refractivity (Wildman–Crippen MR) is 80.3 cm³/mol. The lowest BCUT2D eigenvalue weighted by Crippen LogP contribution is -2.30. The van der Waals surface area contributed by atoms with Gasteiger partial charge in [-0.2, -0.15) is 0 Å². The summed E-state index contributed by atoms with van der Waals surface area (Å²) in [5, 5.41) is 13.8. The number of benzene rings is 2. The lowest BCUT2D eigenvalue weighted by molar-refractivity contribution is -0.133. The lowest BCUT2D eigenvalue weighted by atomic mass is 10.1. The smallest absolute Gasteiger partial charge is 0.314 e. The molecule has 0 fully saturated rings. The molecule has 2 aromatic carbocycles. The van der Waals surface area contributed by atoms with Crippen molar-refractivity contribution in [3.63, 3.8) is 0 Å². The van der Waals surface area contributed by atoms with E-state index >= 15 is 0 Å². The molecule has 0 aliphatic carbocycles. The fourth-order valence-electron chi connectivity index (χ4n) is 1.72. The van der Waals surface area contributed by atoms with Gasteiger partial charge in [0.05, 0.1) is 11.3 Å². The van der Waals surface area contributed by atoms with Gasteiger partial charge in [0.15, 0.2) is 0 Å². The molecule has 112 valence electrons. The van der Waals surface area contributed by atoms with E-state index in [1.165, 1.54) is 36.4 Å². The van der Waals surface area contributed by atoms with Crippen molar-refractivity contribution in [1.82, 2.24) is 0 Å². The number of nitrogens with two attached hydrogens (primary N) is 1. The van der Waals surface area contributed by atoms with Crippen molar-refractivity contribution in [1.29, 1.82) is 0 Å². The number of hydrogen-bond acceptors (Lipinski definition) is 4. The maximum atomic E-state index is 11.8. The molecule has 7 nitrogen and oxygen atoms in total. The van der Waals surface area contributed by atoms with Gasteiger partial charge < -0.3 is 21.5 Å². The number of phenolic OH excluding ortho intramolecular Hbond substituents is 1. The van der Waals surface area contributed by atoms with Gasteiger partial charge in [0.1, 0.15) is 5.75 Å². The van der Waals surface area contributed by atoms with Crippen molar-refractivity contribution in [3.05, 3.63) is 54.1 Å². The molecule has 0 aromatic heterocycles. The molecule has 0 bridgehead atoms. The summed E-state index contributed by atoms with van der Waals surface area (Å²) in [4.78, 5) is 34.9. The van der Waals surface area contributed by atoms with Crippen LogP contribution >= 0.6 is 0 Å². The summed E-state index contributed by atoms with van der Waals surface area (Å²) in [6.45, 7) is 0. The van der Waals surface area contributed by atoms with Gasteiger partial charge in [-0.3, -0.25) is 14.4 Å². The van der Waals surface area contributed by atoms with Crippen LogP contribution in [0.2, 0.25) is 0 Å². The van der Waals surface area contributed by atoms with Crippen LogP contribution < -0.4 is 16.4 Å². The molecule has 0 spiro atoms. The van der Waals surface area contributed by atoms with Gasteiger partial charge in [0.25, 0.3) is 5.91 Å². The van der Waals surface area contributed by atoms with E-state index < -0.39 is 17.7 Å². The molecule has 2 aromatic rings. The molecule has 5 N–H and O–H groups in total. The van der Waals surface area contributed by atoms with Gasteiger partial charge in [-0.15, -0.1) is 0 Å². The third-order valence-corrected chi connectivity index (χ3v) is 2.77. The maximum Gasteiger partial charge on any atom is 0.314 e. The Bertz CT molecular complexity index is 726. The minimum absolute atomic E-state index is 0.0397. The van der Waals surface area contributed by atoms with Crippen molar-refractivity contribution >= 4 is 29.1 Å². The van der Waals surface area contributed by atoms with E-state index in [0.717, 1.165) is 0 Å². The molecule has 0 radical (unpaired) electrons. The highest BCUT2D eigenvalue weighted by molar-refractivity contribution is 6.44. The first-order valence-corrected chi connectivity index (χ1v) is 6.27. The number of para-hydroxylation sites is 1. The fourth-order valence-corrected chi connectivity index (χ4v) is 1.72. The Labute approximate surface area is 125 Å². The van der Waals surface area contributed by atoms with Crippen LogP contribution in [0.3, 0.4) is 0 Å². The molecule has 0 aliphatic rings. The average molecular weight is 299 g/mol. The molecule has 0 heterocycles. The quantitative estimate of drug-likeness (QED) is 0.500. The second kappa shape index (κ2) is 6.40. The zero-order chi connectivity index (χ0) is 16.1. The highest BCUT2D eigenvalue weighted by atomic mass is 16.3. The Morgan fingerprint density at radius 1 is 0.864 bits per heavy atom. The molecule has 22 heavy (non-hydrogen) atoms. The maximum absolute atomic E-state index is 11.8. The summed E-state index contributed by atoms with van der Waals surface area (Å²) in [5.41, 5.74) is 5.80. The van der Waals surface area contributed by atoms with Gasteiger partial charge >= 0.3 is 11.8 Å². The Morgan fingerprint density at radius 3 is 2.09 bits per heavy atom. The van der Waals surface area contributed by atoms with E-state index in [1.807, 2.05) is 0 Å². The van der Waals surface area contributed by atoms with Crippen molar-refractivity contribution in [2.45, 2.75) is 0 Å². The monoisotopic (exact) mass is 299 g/mol. The SMILES string of the molecule is NC(=O)c1ccccc1NC(=O)C(=O)Nc1ccc(O)cc1. The Balaban J connectivity index is 2.07. The van der Waals surface area contributed by atoms with Gasteiger partial charge in [-0.1, -0.05) is 12.1 Å². The molecule has 0 saturated heterocycles. The minimum Gasteiger partial charge on any atom is -0.508 e. The van der Waals surface area contributed by atoms with Gasteiger partial charge in [-0.25, -0.2) is 0 Å². The van der Waals surface area contributed by atoms with Gasteiger partial charge in [0, 0.05) is 5.69 Å². The van der Waals surface area contributed by atoms with Crippen molar-refractivity contribution in [2.24, 2.45) is 5.73 Å². The van der Waals surface area contributed by atoms with Crippen LogP contribution in [0.4, 0.5) is 11.4 Å². The van der Waals surface area contributed by atoms with E-state index in [0.29, 0.717) is 5.69 Å². The standard InChI is InChI=1S/C15H13N3O4/c16-13(20)11-3-1-2-4-12(11)18-15(22)14(21)17-9-5-7-10(19)8-6-9/h1-8,19H,(H2,16,20)(H,17,21)(H,18,22). The van der Waals surface area contributed by atoms with Crippen LogP contribution in [-0.2, 0) is 9.59 Å². The van der Waals surface area contributed by atoms with E-state index in [2.05, 4.69) is 10.6 Å². The topological polar surface area (TPSA) is 122 Å². The minimum atomic E-state index is -0.943. The van der Waals surface area contributed by atoms with Crippen LogP contribution in [0.15, 0.2) is 48.5 Å². The van der Waals surface area contributed by atoms with E-state index in [1.54, 1.807) is 12.1 Å². The summed E-state index contributed by atoms with van der Waals surface area (Å²) >= 11 is 0. The molecule has 2 rings (SSSR count). The number of carbonyl (C=O) groups excluding carboxylic acids is 3. The van der Waals surface area contributed by atoms with E-state index in [4.69, 9.17) is 10.8 Å². The van der Waals surface area contributed by atoms with E-state index in [-0.39, 0.29) is 17.0 Å². The van der Waals surface area contributed by atoms with Gasteiger partial charge in [0.2, 0.25) is 0 Å². The first-order valence-electron chi connectivity index (χ1n) is 6.27. The summed E-state index contributed by atoms with van der Waals surface area (Å²) in [7, 11) is 0. The molecule has 7 heteroatoms.